The molecule has 0 N–H and O–H groups in total. The van der Waals surface area contributed by atoms with Crippen molar-refractivity contribution in [3.05, 3.63) is 0 Å². The van der Waals surface area contributed by atoms with Crippen molar-refractivity contribution < 1.29 is 24.0 Å². The molecule has 0 aliphatic heterocycles. The van der Waals surface area contributed by atoms with E-state index in [1.807, 2.05) is 0 Å². The van der Waals surface area contributed by atoms with Gasteiger partial charge < -0.3 is 24.0 Å². The van der Waals surface area contributed by atoms with Crippen molar-refractivity contribution in [2.75, 3.05) is 24.6 Å². The summed E-state index contributed by atoms with van der Waals surface area (Å²) in [4.78, 5) is 0. The molecule has 0 amide bonds. The molecule has 0 rings (SSSR count). The summed E-state index contributed by atoms with van der Waals surface area (Å²) >= 11 is 0. The predicted molar refractivity (Wildman–Crippen MR) is 155 cm³/mol. The molecule has 0 saturated heterocycles. The highest BCUT2D eigenvalue weighted by molar-refractivity contribution is 7.75. The fourth-order valence-electron chi connectivity index (χ4n) is 5.40. The van der Waals surface area contributed by atoms with Gasteiger partial charge in [0, 0.05) is 7.26 Å². The maximum absolute atomic E-state index is 2.38. The van der Waals surface area contributed by atoms with Gasteiger partial charge in [0.25, 0.3) is 0 Å². The molecule has 2 heteroatoms. The molecular formula is C31H66IP. The lowest BCUT2D eigenvalue weighted by atomic mass is 10.0. The summed E-state index contributed by atoms with van der Waals surface area (Å²) in [7, 11) is -0.670. The fraction of sp³-hybridized carbons (Fsp3) is 1.00. The average molecular weight is 597 g/mol. The summed E-state index contributed by atoms with van der Waals surface area (Å²) in [5.41, 5.74) is 0. The highest BCUT2D eigenvalue weighted by Crippen LogP contribution is 2.61. The normalized spacial score (nSPS) is 11.6. The molecule has 0 nitrogen and oxygen atoms in total. The smallest absolute Gasteiger partial charge is 0.0594 e. The van der Waals surface area contributed by atoms with Crippen molar-refractivity contribution in [1.29, 1.82) is 0 Å². The summed E-state index contributed by atoms with van der Waals surface area (Å²) in [6, 6.07) is 0. The Kier molecular flexibility index (Phi) is 32.3. The number of hydrogen-bond acceptors (Lipinski definition) is 0. The van der Waals surface area contributed by atoms with E-state index in [1.54, 1.807) is 31.1 Å². The molecule has 0 heterocycles. The van der Waals surface area contributed by atoms with E-state index in [1.165, 1.54) is 141 Å². The average Bonchev–Trinajstić information content (AvgIpc) is 2.80. The fourth-order valence-corrected chi connectivity index (χ4v) is 10.3. The first-order valence-electron chi connectivity index (χ1n) is 15.6. The van der Waals surface area contributed by atoms with E-state index >= 15 is 0 Å². The molecule has 0 spiro atoms. The van der Waals surface area contributed by atoms with Crippen LogP contribution in [0.3, 0.4) is 0 Å². The first-order chi connectivity index (χ1) is 15.7. The minimum Gasteiger partial charge on any atom is -1.00 e. The predicted octanol–water partition coefficient (Wildman–Crippen LogP) is 9.06. The molecule has 202 valence electrons. The van der Waals surface area contributed by atoms with E-state index in [0.717, 1.165) is 0 Å². The number of rotatable bonds is 27. The highest BCUT2D eigenvalue weighted by Gasteiger charge is 2.34. The molecule has 33 heavy (non-hydrogen) atoms. The Morgan fingerprint density at radius 1 is 0.273 bits per heavy atom. The molecule has 0 aromatic rings. The van der Waals surface area contributed by atoms with Crippen LogP contribution < -0.4 is 24.0 Å². The van der Waals surface area contributed by atoms with Gasteiger partial charge in [0.2, 0.25) is 0 Å². The van der Waals surface area contributed by atoms with Crippen LogP contribution in [0, 0.1) is 0 Å². The standard InChI is InChI=1S/C31H66P.HI/c1-5-9-13-14-15-16-17-18-19-20-21-22-23-27-31-32(28-24-10-6-2,29-25-11-7-3)30-26-12-8-4;/h5-31H2,1-4H3;1H/q+1;/p-1. The van der Waals surface area contributed by atoms with Crippen molar-refractivity contribution in [3.8, 4) is 0 Å². The van der Waals surface area contributed by atoms with Gasteiger partial charge in [-0.1, -0.05) is 143 Å². The van der Waals surface area contributed by atoms with Gasteiger partial charge in [0.15, 0.2) is 0 Å². The van der Waals surface area contributed by atoms with Crippen LogP contribution in [0.2, 0.25) is 0 Å². The Bertz CT molecular complexity index is 317. The van der Waals surface area contributed by atoms with Gasteiger partial charge in [0.05, 0.1) is 24.6 Å². The number of hydrogen-bond donors (Lipinski definition) is 0. The molecular weight excluding hydrogens is 530 g/mol. The van der Waals surface area contributed by atoms with Crippen LogP contribution >= 0.6 is 7.26 Å². The molecule has 0 aromatic carbocycles. The Morgan fingerprint density at radius 3 is 0.727 bits per heavy atom. The first-order valence-corrected chi connectivity index (χ1v) is 18.1. The van der Waals surface area contributed by atoms with E-state index in [4.69, 9.17) is 0 Å². The third-order valence-corrected chi connectivity index (χ3v) is 12.8. The van der Waals surface area contributed by atoms with Crippen molar-refractivity contribution in [2.45, 2.75) is 175 Å². The lowest BCUT2D eigenvalue weighted by Crippen LogP contribution is -3.00. The highest BCUT2D eigenvalue weighted by atomic mass is 127. The molecule has 0 atom stereocenters. The van der Waals surface area contributed by atoms with Gasteiger partial charge in [-0.05, 0) is 32.1 Å². The molecule has 0 unspecified atom stereocenters. The van der Waals surface area contributed by atoms with Crippen molar-refractivity contribution in [2.24, 2.45) is 0 Å². The minimum absolute atomic E-state index is 0. The van der Waals surface area contributed by atoms with Crippen LogP contribution in [0.1, 0.15) is 175 Å². The SMILES string of the molecule is CCCCCCCCCCCCCCCC[P+](CCCCC)(CCCCC)CCCCC.[I-]. The van der Waals surface area contributed by atoms with Crippen molar-refractivity contribution in [3.63, 3.8) is 0 Å². The Balaban J connectivity index is 0. The van der Waals surface area contributed by atoms with Gasteiger partial charge in [-0.3, -0.25) is 0 Å². The van der Waals surface area contributed by atoms with E-state index < -0.39 is 7.26 Å². The lowest BCUT2D eigenvalue weighted by Gasteiger charge is -2.28. The summed E-state index contributed by atoms with van der Waals surface area (Å²) in [6.07, 6.45) is 40.5. The van der Waals surface area contributed by atoms with E-state index in [9.17, 15) is 0 Å². The van der Waals surface area contributed by atoms with Crippen molar-refractivity contribution >= 4 is 7.26 Å². The van der Waals surface area contributed by atoms with Crippen LogP contribution in [0.5, 0.6) is 0 Å². The summed E-state index contributed by atoms with van der Waals surface area (Å²) < 4.78 is 0. The van der Waals surface area contributed by atoms with Crippen LogP contribution in [0.25, 0.3) is 0 Å². The Morgan fingerprint density at radius 2 is 0.455 bits per heavy atom. The molecule has 0 radical (unpaired) electrons. The Hall–Kier alpha value is 1.16. The second-order valence-corrected chi connectivity index (χ2v) is 15.4. The second-order valence-electron chi connectivity index (χ2n) is 11.0. The third-order valence-electron chi connectivity index (χ3n) is 7.69. The quantitative estimate of drug-likeness (QED) is 0.0504. The van der Waals surface area contributed by atoms with E-state index in [2.05, 4.69) is 27.7 Å². The van der Waals surface area contributed by atoms with Gasteiger partial charge in [-0.2, -0.15) is 0 Å². The third kappa shape index (κ3) is 24.6. The largest absolute Gasteiger partial charge is 1.00 e. The molecule has 0 bridgehead atoms. The summed E-state index contributed by atoms with van der Waals surface area (Å²) in [6.45, 7) is 9.44. The summed E-state index contributed by atoms with van der Waals surface area (Å²) in [5.74, 6) is 0. The maximum atomic E-state index is 2.38. The molecule has 0 saturated carbocycles. The van der Waals surface area contributed by atoms with E-state index in [-0.39, 0.29) is 24.0 Å². The van der Waals surface area contributed by atoms with Crippen LogP contribution in [-0.2, 0) is 0 Å². The molecule has 0 aromatic heterocycles. The first kappa shape index (κ1) is 36.3. The van der Waals surface area contributed by atoms with E-state index in [0.29, 0.717) is 0 Å². The minimum atomic E-state index is -0.670. The van der Waals surface area contributed by atoms with Crippen LogP contribution in [0.4, 0.5) is 0 Å². The Labute approximate surface area is 230 Å². The molecule has 0 aliphatic rings. The number of unbranched alkanes of at least 4 members (excludes halogenated alkanes) is 19. The van der Waals surface area contributed by atoms with Gasteiger partial charge in [-0.15, -0.1) is 0 Å². The van der Waals surface area contributed by atoms with Gasteiger partial charge >= 0.3 is 0 Å². The molecule has 0 aliphatic carbocycles. The van der Waals surface area contributed by atoms with Gasteiger partial charge in [0.1, 0.15) is 0 Å². The molecule has 0 fully saturated rings. The zero-order valence-electron chi connectivity index (χ0n) is 23.9. The second kappa shape index (κ2) is 29.4. The van der Waals surface area contributed by atoms with Crippen LogP contribution in [-0.4, -0.2) is 24.6 Å². The maximum Gasteiger partial charge on any atom is 0.0594 e. The lowest BCUT2D eigenvalue weighted by molar-refractivity contribution is -0.00000734. The zero-order valence-corrected chi connectivity index (χ0v) is 27.0. The van der Waals surface area contributed by atoms with Crippen LogP contribution in [0.15, 0.2) is 0 Å². The summed E-state index contributed by atoms with van der Waals surface area (Å²) in [5, 5.41) is 0. The van der Waals surface area contributed by atoms with Crippen molar-refractivity contribution in [1.82, 2.24) is 0 Å². The van der Waals surface area contributed by atoms with Gasteiger partial charge in [-0.25, -0.2) is 0 Å². The topological polar surface area (TPSA) is 0 Å². The monoisotopic (exact) mass is 596 g/mol. The zero-order chi connectivity index (χ0) is 23.6. The number of halogens is 1.